The Hall–Kier alpha value is -2.54. The number of hydrogen-bond acceptors (Lipinski definition) is 6. The zero-order chi connectivity index (χ0) is 20.1. The number of unbranched alkanes of at least 4 members (excludes halogenated alkanes) is 1. The van der Waals surface area contributed by atoms with E-state index in [0.717, 1.165) is 56.0 Å². The minimum Gasteiger partial charge on any atom is -0.397 e. The molecule has 0 radical (unpaired) electrons. The van der Waals surface area contributed by atoms with Gasteiger partial charge in [-0.1, -0.05) is 24.9 Å². The molecule has 0 saturated carbocycles. The molecule has 1 aromatic carbocycles. The van der Waals surface area contributed by atoms with E-state index in [-0.39, 0.29) is 11.9 Å². The fraction of sp³-hybridized carbons (Fsp3) is 0.450. The van der Waals surface area contributed by atoms with E-state index in [4.69, 9.17) is 22.3 Å². The van der Waals surface area contributed by atoms with Crippen molar-refractivity contribution in [2.75, 3.05) is 29.0 Å². The lowest BCUT2D eigenvalue weighted by molar-refractivity contribution is -0.119. The Morgan fingerprint density at radius 3 is 2.89 bits per heavy atom. The number of hydrogen-bond donors (Lipinski definition) is 3. The highest BCUT2D eigenvalue weighted by Gasteiger charge is 2.24. The van der Waals surface area contributed by atoms with Crippen molar-refractivity contribution in [3.8, 4) is 0 Å². The summed E-state index contributed by atoms with van der Waals surface area (Å²) in [7, 11) is 0. The molecule has 1 aliphatic rings. The third-order valence-electron chi connectivity index (χ3n) is 4.72. The number of aromatic nitrogens is 2. The number of aryl methyl sites for hydroxylation is 1. The van der Waals surface area contributed by atoms with Gasteiger partial charge in [-0.25, -0.2) is 4.98 Å². The number of rotatable bonds is 7. The molecule has 1 aromatic heterocycles. The SMILES string of the molecule is CCCCc1cc(N2CCC(NC(C)=O)C2)nc(Nc2ccc(Cl)c(N)c2)n1. The Morgan fingerprint density at radius 2 is 2.18 bits per heavy atom. The summed E-state index contributed by atoms with van der Waals surface area (Å²) < 4.78 is 0. The van der Waals surface area contributed by atoms with Gasteiger partial charge in [0.15, 0.2) is 0 Å². The number of halogens is 1. The summed E-state index contributed by atoms with van der Waals surface area (Å²) in [5.74, 6) is 1.41. The second kappa shape index (κ2) is 9.10. The van der Waals surface area contributed by atoms with Crippen molar-refractivity contribution in [1.29, 1.82) is 0 Å². The first-order valence-corrected chi connectivity index (χ1v) is 10.0. The van der Waals surface area contributed by atoms with Crippen LogP contribution in [0.3, 0.4) is 0 Å². The van der Waals surface area contributed by atoms with Crippen LogP contribution >= 0.6 is 11.6 Å². The highest BCUT2D eigenvalue weighted by Crippen LogP contribution is 2.26. The Kier molecular flexibility index (Phi) is 6.57. The highest BCUT2D eigenvalue weighted by atomic mass is 35.5. The van der Waals surface area contributed by atoms with E-state index in [1.807, 2.05) is 12.1 Å². The average molecular weight is 403 g/mol. The first-order valence-electron chi connectivity index (χ1n) is 9.66. The number of benzene rings is 1. The van der Waals surface area contributed by atoms with Gasteiger partial charge in [-0.05, 0) is 37.5 Å². The van der Waals surface area contributed by atoms with Crippen LogP contribution in [-0.4, -0.2) is 35.0 Å². The predicted molar refractivity (Wildman–Crippen MR) is 114 cm³/mol. The molecular formula is C20H27ClN6O. The third kappa shape index (κ3) is 5.25. The van der Waals surface area contributed by atoms with E-state index in [9.17, 15) is 4.79 Å². The molecule has 1 saturated heterocycles. The van der Waals surface area contributed by atoms with Gasteiger partial charge in [-0.3, -0.25) is 4.79 Å². The van der Waals surface area contributed by atoms with Gasteiger partial charge < -0.3 is 21.3 Å². The summed E-state index contributed by atoms with van der Waals surface area (Å²) in [6, 6.07) is 7.57. The zero-order valence-corrected chi connectivity index (χ0v) is 17.1. The molecule has 0 spiro atoms. The minimum atomic E-state index is 0.000792. The van der Waals surface area contributed by atoms with Crippen molar-refractivity contribution in [2.45, 2.75) is 45.6 Å². The van der Waals surface area contributed by atoms with Crippen LogP contribution in [-0.2, 0) is 11.2 Å². The molecule has 1 fully saturated rings. The van der Waals surface area contributed by atoms with Gasteiger partial charge in [0, 0.05) is 43.5 Å². The molecule has 2 heterocycles. The molecule has 150 valence electrons. The first-order chi connectivity index (χ1) is 13.4. The van der Waals surface area contributed by atoms with Crippen LogP contribution in [0, 0.1) is 0 Å². The number of nitrogens with two attached hydrogens (primary N) is 1. The molecule has 0 aliphatic carbocycles. The summed E-state index contributed by atoms with van der Waals surface area (Å²) in [6.07, 6.45) is 3.97. The highest BCUT2D eigenvalue weighted by molar-refractivity contribution is 6.33. The smallest absolute Gasteiger partial charge is 0.229 e. The quantitative estimate of drug-likeness (QED) is 0.613. The molecular weight excluding hydrogens is 376 g/mol. The van der Waals surface area contributed by atoms with Crippen LogP contribution in [0.25, 0.3) is 0 Å². The van der Waals surface area contributed by atoms with E-state index in [1.165, 1.54) is 0 Å². The monoisotopic (exact) mass is 402 g/mol. The van der Waals surface area contributed by atoms with Crippen LogP contribution in [0.2, 0.25) is 5.02 Å². The van der Waals surface area contributed by atoms with Crippen molar-refractivity contribution in [3.05, 3.63) is 35.0 Å². The molecule has 1 amide bonds. The largest absolute Gasteiger partial charge is 0.397 e. The van der Waals surface area contributed by atoms with E-state index >= 15 is 0 Å². The maximum absolute atomic E-state index is 11.3. The van der Waals surface area contributed by atoms with Crippen molar-refractivity contribution in [1.82, 2.24) is 15.3 Å². The van der Waals surface area contributed by atoms with Crippen molar-refractivity contribution >= 4 is 40.6 Å². The van der Waals surface area contributed by atoms with E-state index in [0.29, 0.717) is 16.7 Å². The van der Waals surface area contributed by atoms with Gasteiger partial charge in [-0.2, -0.15) is 4.98 Å². The van der Waals surface area contributed by atoms with Gasteiger partial charge in [-0.15, -0.1) is 0 Å². The number of nitrogens with one attached hydrogen (secondary N) is 2. The van der Waals surface area contributed by atoms with Gasteiger partial charge in [0.25, 0.3) is 0 Å². The number of anilines is 4. The van der Waals surface area contributed by atoms with Gasteiger partial charge in [0.05, 0.1) is 10.7 Å². The number of amides is 1. The van der Waals surface area contributed by atoms with Gasteiger partial charge >= 0.3 is 0 Å². The minimum absolute atomic E-state index is 0.000792. The molecule has 1 atom stereocenters. The standard InChI is InChI=1S/C20H27ClN6O/c1-3-4-5-14-11-19(27-9-8-16(12-27)23-13(2)28)26-20(24-14)25-15-6-7-17(21)18(22)10-15/h6-7,10-11,16H,3-5,8-9,12,22H2,1-2H3,(H,23,28)(H,24,25,26). The number of carbonyl (C=O) groups excluding carboxylic acids is 1. The fourth-order valence-electron chi connectivity index (χ4n) is 3.31. The van der Waals surface area contributed by atoms with Gasteiger partial charge in [0.2, 0.25) is 11.9 Å². The Labute approximate surface area is 170 Å². The third-order valence-corrected chi connectivity index (χ3v) is 5.07. The lowest BCUT2D eigenvalue weighted by Crippen LogP contribution is -2.35. The molecule has 4 N–H and O–H groups in total. The molecule has 0 bridgehead atoms. The van der Waals surface area contributed by atoms with Crippen molar-refractivity contribution in [3.63, 3.8) is 0 Å². The molecule has 1 aliphatic heterocycles. The maximum Gasteiger partial charge on any atom is 0.229 e. The lowest BCUT2D eigenvalue weighted by Gasteiger charge is -2.19. The van der Waals surface area contributed by atoms with E-state index in [2.05, 4.69) is 27.4 Å². The van der Waals surface area contributed by atoms with Crippen molar-refractivity contribution < 1.29 is 4.79 Å². The Morgan fingerprint density at radius 1 is 1.36 bits per heavy atom. The summed E-state index contributed by atoms with van der Waals surface area (Å²) in [5, 5.41) is 6.75. The van der Waals surface area contributed by atoms with Crippen LogP contribution < -0.4 is 21.3 Å². The average Bonchev–Trinajstić information content (AvgIpc) is 3.11. The van der Waals surface area contributed by atoms with Crippen LogP contribution in [0.4, 0.5) is 23.1 Å². The molecule has 8 heteroatoms. The molecule has 7 nitrogen and oxygen atoms in total. The maximum atomic E-state index is 11.3. The van der Waals surface area contributed by atoms with Gasteiger partial charge in [0.1, 0.15) is 5.82 Å². The summed E-state index contributed by atoms with van der Waals surface area (Å²) in [6.45, 7) is 5.31. The van der Waals surface area contributed by atoms with Crippen LogP contribution in [0.5, 0.6) is 0 Å². The first kappa shape index (κ1) is 20.2. The normalized spacial score (nSPS) is 16.2. The Bertz CT molecular complexity index is 843. The number of nitrogens with zero attached hydrogens (tertiary/aromatic N) is 3. The second-order valence-corrected chi connectivity index (χ2v) is 7.55. The summed E-state index contributed by atoms with van der Waals surface area (Å²) in [5.41, 5.74) is 8.19. The fourth-order valence-corrected chi connectivity index (χ4v) is 3.43. The molecule has 1 unspecified atom stereocenters. The second-order valence-electron chi connectivity index (χ2n) is 7.14. The molecule has 2 aromatic rings. The van der Waals surface area contributed by atoms with E-state index in [1.54, 1.807) is 19.1 Å². The summed E-state index contributed by atoms with van der Waals surface area (Å²) in [4.78, 5) is 22.9. The van der Waals surface area contributed by atoms with Crippen LogP contribution in [0.15, 0.2) is 24.3 Å². The Balaban J connectivity index is 1.82. The van der Waals surface area contributed by atoms with Crippen molar-refractivity contribution in [2.24, 2.45) is 0 Å². The van der Waals surface area contributed by atoms with E-state index < -0.39 is 0 Å². The molecule has 28 heavy (non-hydrogen) atoms. The topological polar surface area (TPSA) is 96.2 Å². The van der Waals surface area contributed by atoms with Crippen LogP contribution in [0.1, 0.15) is 38.8 Å². The zero-order valence-electron chi connectivity index (χ0n) is 16.3. The summed E-state index contributed by atoms with van der Waals surface area (Å²) >= 11 is 6.01. The number of nitrogen functional groups attached to an aromatic ring is 1. The number of carbonyl (C=O) groups is 1. The lowest BCUT2D eigenvalue weighted by atomic mass is 10.2. The molecule has 3 rings (SSSR count). The predicted octanol–water partition coefficient (Wildman–Crippen LogP) is 3.51.